The van der Waals surface area contributed by atoms with Crippen molar-refractivity contribution in [1.29, 1.82) is 0 Å². The molecule has 2 atom stereocenters. The van der Waals surface area contributed by atoms with Gasteiger partial charge in [0.25, 0.3) is 5.91 Å². The molecule has 0 saturated heterocycles. The lowest BCUT2D eigenvalue weighted by atomic mass is 10.0. The average molecular weight is 329 g/mol. The maximum atomic E-state index is 12.6. The first-order chi connectivity index (χ1) is 11.5. The predicted octanol–water partition coefficient (Wildman–Crippen LogP) is 2.04. The highest BCUT2D eigenvalue weighted by Gasteiger charge is 2.23. The predicted molar refractivity (Wildman–Crippen MR) is 92.9 cm³/mol. The molecule has 0 spiro atoms. The number of carbonyl (C=O) groups excluding carboxylic acids is 1. The third-order valence-electron chi connectivity index (χ3n) is 4.18. The Hall–Kier alpha value is -2.41. The Morgan fingerprint density at radius 1 is 1.12 bits per heavy atom. The fourth-order valence-corrected chi connectivity index (χ4v) is 2.52. The monoisotopic (exact) mass is 329 g/mol. The molecule has 128 valence electrons. The maximum absolute atomic E-state index is 12.6. The molecule has 2 aromatic rings. The third kappa shape index (κ3) is 3.91. The van der Waals surface area contributed by atoms with Crippen LogP contribution in [0.1, 0.15) is 17.3 Å². The normalized spacial score (nSPS) is 13.3. The van der Waals surface area contributed by atoms with E-state index in [1.807, 2.05) is 25.1 Å². The van der Waals surface area contributed by atoms with Crippen molar-refractivity contribution in [3.8, 4) is 16.9 Å². The molecular weight excluding hydrogens is 306 g/mol. The van der Waals surface area contributed by atoms with Gasteiger partial charge in [-0.05, 0) is 49.4 Å². The minimum Gasteiger partial charge on any atom is -0.508 e. The van der Waals surface area contributed by atoms with Crippen molar-refractivity contribution in [3.63, 3.8) is 0 Å². The fraction of sp³-hybridized carbons (Fsp3) is 0.278. The summed E-state index contributed by atoms with van der Waals surface area (Å²) in [6, 6.07) is 13.9. The largest absolute Gasteiger partial charge is 0.508 e. The van der Waals surface area contributed by atoms with Gasteiger partial charge in [-0.1, -0.05) is 24.3 Å². The topological polar surface area (TPSA) is 84.8 Å². The molecule has 6 heteroatoms. The first-order valence-electron chi connectivity index (χ1n) is 7.71. The Morgan fingerprint density at radius 2 is 1.79 bits per heavy atom. The molecule has 0 aromatic heterocycles. The van der Waals surface area contributed by atoms with Crippen LogP contribution in [-0.2, 0) is 0 Å². The second-order valence-electron chi connectivity index (χ2n) is 5.68. The highest BCUT2D eigenvalue weighted by Crippen LogP contribution is 2.23. The van der Waals surface area contributed by atoms with Crippen molar-refractivity contribution < 1.29 is 15.1 Å². The van der Waals surface area contributed by atoms with Gasteiger partial charge in [0.05, 0.1) is 6.04 Å². The molecule has 0 radical (unpaired) electrons. The molecule has 24 heavy (non-hydrogen) atoms. The maximum Gasteiger partial charge on any atom is 0.253 e. The van der Waals surface area contributed by atoms with E-state index < -0.39 is 6.17 Å². The summed E-state index contributed by atoms with van der Waals surface area (Å²) in [6.07, 6.45) is -0.425. The minimum absolute atomic E-state index is 0.138. The SMILES string of the molecule is CNC(NO)C(C)N(C)C(=O)c1ccc(-c2cccc(O)c2)cc1. The average Bonchev–Trinajstić information content (AvgIpc) is 2.61. The zero-order chi connectivity index (χ0) is 17.7. The molecule has 0 aliphatic rings. The second kappa shape index (κ2) is 7.92. The Morgan fingerprint density at radius 3 is 2.33 bits per heavy atom. The summed E-state index contributed by atoms with van der Waals surface area (Å²) < 4.78 is 0. The lowest BCUT2D eigenvalue weighted by Gasteiger charge is -2.31. The van der Waals surface area contributed by atoms with Crippen LogP contribution in [-0.4, -0.2) is 47.4 Å². The molecule has 0 aliphatic heterocycles. The van der Waals surface area contributed by atoms with E-state index in [0.717, 1.165) is 11.1 Å². The summed E-state index contributed by atoms with van der Waals surface area (Å²) in [7, 11) is 3.39. The number of hydroxylamine groups is 1. The van der Waals surface area contributed by atoms with Crippen LogP contribution in [0.25, 0.3) is 11.1 Å². The number of benzene rings is 2. The van der Waals surface area contributed by atoms with Crippen LogP contribution in [0.2, 0.25) is 0 Å². The summed E-state index contributed by atoms with van der Waals surface area (Å²) in [5, 5.41) is 21.6. The Bertz CT molecular complexity index is 684. The molecule has 1 amide bonds. The van der Waals surface area contributed by atoms with Crippen molar-refractivity contribution in [2.75, 3.05) is 14.1 Å². The molecule has 0 fully saturated rings. The van der Waals surface area contributed by atoms with Crippen molar-refractivity contribution >= 4 is 5.91 Å². The summed E-state index contributed by atoms with van der Waals surface area (Å²) in [5.41, 5.74) is 4.51. The summed E-state index contributed by atoms with van der Waals surface area (Å²) >= 11 is 0. The van der Waals surface area contributed by atoms with Crippen molar-refractivity contribution in [2.24, 2.45) is 0 Å². The summed E-state index contributed by atoms with van der Waals surface area (Å²) in [4.78, 5) is 14.1. The first kappa shape index (κ1) is 17.9. The van der Waals surface area contributed by atoms with Gasteiger partial charge in [-0.15, -0.1) is 0 Å². The number of rotatable bonds is 6. The highest BCUT2D eigenvalue weighted by molar-refractivity contribution is 5.94. The van der Waals surface area contributed by atoms with Crippen LogP contribution in [0.5, 0.6) is 5.75 Å². The second-order valence-corrected chi connectivity index (χ2v) is 5.68. The molecule has 2 unspecified atom stereocenters. The molecular formula is C18H23N3O3. The Balaban J connectivity index is 2.16. The molecule has 2 aromatic carbocycles. The van der Waals surface area contributed by atoms with Crippen molar-refractivity contribution in [3.05, 3.63) is 54.1 Å². The van der Waals surface area contributed by atoms with E-state index in [-0.39, 0.29) is 17.7 Å². The zero-order valence-electron chi connectivity index (χ0n) is 14.0. The van der Waals surface area contributed by atoms with Crippen molar-refractivity contribution in [1.82, 2.24) is 15.7 Å². The standard InChI is InChI=1S/C18H23N3O3/c1-12(17(19-2)20-24)21(3)18(23)14-9-7-13(8-10-14)15-5-4-6-16(22)11-15/h4-12,17,19-20,22,24H,1-3H3. The number of carbonyl (C=O) groups is 1. The smallest absolute Gasteiger partial charge is 0.253 e. The number of hydrogen-bond acceptors (Lipinski definition) is 5. The number of nitrogens with one attached hydrogen (secondary N) is 2. The van der Waals surface area contributed by atoms with Crippen LogP contribution in [0.15, 0.2) is 48.5 Å². The van der Waals surface area contributed by atoms with E-state index in [9.17, 15) is 9.90 Å². The van der Waals surface area contributed by atoms with Gasteiger partial charge in [0, 0.05) is 12.6 Å². The minimum atomic E-state index is -0.425. The number of likely N-dealkylation sites (N-methyl/N-ethyl adjacent to an activating group) is 2. The summed E-state index contributed by atoms with van der Waals surface area (Å²) in [6.45, 7) is 1.84. The zero-order valence-corrected chi connectivity index (χ0v) is 14.0. The van der Waals surface area contributed by atoms with E-state index in [1.165, 1.54) is 0 Å². The quantitative estimate of drug-likeness (QED) is 0.481. The Kier molecular flexibility index (Phi) is 5.92. The molecule has 2 rings (SSSR count). The molecule has 6 nitrogen and oxygen atoms in total. The number of nitrogens with zero attached hydrogens (tertiary/aromatic N) is 1. The third-order valence-corrected chi connectivity index (χ3v) is 4.18. The van der Waals surface area contributed by atoms with Gasteiger partial charge in [0.1, 0.15) is 11.9 Å². The Labute approximate surface area is 141 Å². The van der Waals surface area contributed by atoms with E-state index >= 15 is 0 Å². The van der Waals surface area contributed by atoms with Gasteiger partial charge in [0.15, 0.2) is 0 Å². The lowest BCUT2D eigenvalue weighted by molar-refractivity contribution is 0.0493. The van der Waals surface area contributed by atoms with Gasteiger partial charge in [-0.25, -0.2) is 0 Å². The van der Waals surface area contributed by atoms with Crippen LogP contribution in [0.4, 0.5) is 0 Å². The van der Waals surface area contributed by atoms with Crippen LogP contribution in [0.3, 0.4) is 0 Å². The van der Waals surface area contributed by atoms with Crippen LogP contribution >= 0.6 is 0 Å². The van der Waals surface area contributed by atoms with E-state index in [0.29, 0.717) is 5.56 Å². The number of phenols is 1. The summed E-state index contributed by atoms with van der Waals surface area (Å²) in [5.74, 6) is 0.0660. The lowest BCUT2D eigenvalue weighted by Crippen LogP contribution is -2.54. The number of hydrogen-bond donors (Lipinski definition) is 4. The number of amides is 1. The van der Waals surface area contributed by atoms with Gasteiger partial charge < -0.3 is 20.5 Å². The van der Waals surface area contributed by atoms with Gasteiger partial charge in [-0.2, -0.15) is 5.48 Å². The number of aromatic hydroxyl groups is 1. The fourth-order valence-electron chi connectivity index (χ4n) is 2.52. The molecule has 0 heterocycles. The van der Waals surface area contributed by atoms with E-state index in [2.05, 4.69) is 10.8 Å². The first-order valence-corrected chi connectivity index (χ1v) is 7.71. The van der Waals surface area contributed by atoms with E-state index in [1.54, 1.807) is 49.3 Å². The van der Waals surface area contributed by atoms with Gasteiger partial charge in [-0.3, -0.25) is 4.79 Å². The highest BCUT2D eigenvalue weighted by atomic mass is 16.5. The van der Waals surface area contributed by atoms with Crippen LogP contribution in [0, 0.1) is 0 Å². The molecule has 4 N–H and O–H groups in total. The van der Waals surface area contributed by atoms with Crippen LogP contribution < -0.4 is 10.8 Å². The molecule has 0 aliphatic carbocycles. The molecule has 0 saturated carbocycles. The number of phenolic OH excluding ortho intramolecular Hbond substituents is 1. The van der Waals surface area contributed by atoms with Crippen molar-refractivity contribution in [2.45, 2.75) is 19.1 Å². The van der Waals surface area contributed by atoms with Gasteiger partial charge in [0.2, 0.25) is 0 Å². The van der Waals surface area contributed by atoms with E-state index in [4.69, 9.17) is 5.21 Å². The van der Waals surface area contributed by atoms with Gasteiger partial charge >= 0.3 is 0 Å². The molecule has 0 bridgehead atoms.